The number of benzene rings is 7. The minimum atomic E-state index is -3.47. The monoisotopic (exact) mass is 935 g/mol. The lowest BCUT2D eigenvalue weighted by Gasteiger charge is -2.26. The van der Waals surface area contributed by atoms with E-state index in [9.17, 15) is 0 Å². The minimum absolute atomic E-state index is 0.0834. The molecule has 0 fully saturated rings. The van der Waals surface area contributed by atoms with Gasteiger partial charge in [0.25, 0.3) is 0 Å². The van der Waals surface area contributed by atoms with Crippen LogP contribution in [0, 0.1) is 0 Å². The molecule has 0 amide bonds. The Morgan fingerprint density at radius 2 is 1.01 bits per heavy atom. The predicted octanol–water partition coefficient (Wildman–Crippen LogP) is 17.6. The molecule has 0 unspecified atom stereocenters. The van der Waals surface area contributed by atoms with E-state index in [0.717, 1.165) is 76.7 Å². The van der Waals surface area contributed by atoms with Gasteiger partial charge in [-0.15, -0.1) is 0 Å². The first-order chi connectivity index (χ1) is 37.8. The Hall–Kier alpha value is -7.96. The number of hydrogen-bond acceptors (Lipinski definition) is 4. The maximum atomic E-state index is 8.79. The van der Waals surface area contributed by atoms with Gasteiger partial charge in [-0.1, -0.05) is 177 Å². The lowest BCUT2D eigenvalue weighted by molar-refractivity contribution is 0.482. The van der Waals surface area contributed by atoms with Gasteiger partial charge in [0.2, 0.25) is 0 Å². The molecule has 0 radical (unpaired) electrons. The summed E-state index contributed by atoms with van der Waals surface area (Å²) in [7, 11) is 0. The first-order valence-electron chi connectivity index (χ1n) is 28.7. The van der Waals surface area contributed by atoms with Crippen LogP contribution in [0.2, 0.25) is 0 Å². The number of nitrogens with zero attached hydrogens (tertiary/aromatic N) is 5. The van der Waals surface area contributed by atoms with Crippen LogP contribution in [0.5, 0.6) is 11.5 Å². The minimum Gasteiger partial charge on any atom is -0.457 e. The molecule has 0 saturated carbocycles. The maximum absolute atomic E-state index is 8.79. The van der Waals surface area contributed by atoms with Crippen LogP contribution >= 0.6 is 0 Å². The van der Waals surface area contributed by atoms with E-state index in [4.69, 9.17) is 27.0 Å². The van der Waals surface area contributed by atoms with Gasteiger partial charge in [-0.25, -0.2) is 9.97 Å². The molecule has 7 aromatic carbocycles. The lowest BCUT2D eigenvalue weighted by atomic mass is 9.78. The summed E-state index contributed by atoms with van der Waals surface area (Å²) in [6.45, 7) is 2.27. The molecule has 0 N–H and O–H groups in total. The molecule has 5 heterocycles. The van der Waals surface area contributed by atoms with Crippen molar-refractivity contribution in [3.8, 4) is 28.4 Å². The van der Waals surface area contributed by atoms with Crippen molar-refractivity contribution in [3.63, 3.8) is 0 Å². The number of fused-ring (bicyclic) bond motifs is 10. The quantitative estimate of drug-likeness (QED) is 0.173. The second-order valence-electron chi connectivity index (χ2n) is 20.9. The molecule has 0 bridgehead atoms. The molecular weight excluding hydrogens is 867 g/mol. The molecule has 6 heteroatoms. The van der Waals surface area contributed by atoms with Gasteiger partial charge in [-0.2, -0.15) is 0 Å². The molecule has 12 rings (SSSR count). The molecule has 0 spiro atoms. The number of pyridine rings is 2. The van der Waals surface area contributed by atoms with Crippen LogP contribution < -0.4 is 9.64 Å². The molecule has 1 aliphatic heterocycles. The van der Waals surface area contributed by atoms with E-state index in [1.807, 2.05) is 93.7 Å². The summed E-state index contributed by atoms with van der Waals surface area (Å²) in [5.74, 6) is 2.62. The number of aromatic nitrogens is 4. The summed E-state index contributed by atoms with van der Waals surface area (Å²) >= 11 is 0. The van der Waals surface area contributed by atoms with Crippen molar-refractivity contribution < 1.29 is 17.1 Å². The van der Waals surface area contributed by atoms with E-state index < -0.39 is 31.4 Å². The van der Waals surface area contributed by atoms with Crippen molar-refractivity contribution in [2.24, 2.45) is 0 Å². The van der Waals surface area contributed by atoms with Gasteiger partial charge >= 0.3 is 0 Å². The fourth-order valence-corrected chi connectivity index (χ4v) is 10.6. The highest BCUT2D eigenvalue weighted by molar-refractivity contribution is 6.22. The highest BCUT2D eigenvalue weighted by atomic mass is 16.5. The standard InChI is InChI=1S/C65H59N5O/c1-63(2,3)42-30-32-67-60(37-42)70-56-26-15-14-22-52(56)53-29-28-45(38-58(53)70)71-46-31-33-66-59(39-46)68-40-69-61-47(41-34-43(64(4,5)6)36-44(35-41)65(7,8)9)23-16-24-54(61)50-20-12-10-18-48(50)49-19-11-13-21-51(49)55-25-17-27-57(68)62(55)69/h10-39H,40H2,1-9H3/i4D3,5D3,6D3. The molecular formula is C65H59N5O. The summed E-state index contributed by atoms with van der Waals surface area (Å²) in [5, 5.41) is 7.93. The van der Waals surface area contributed by atoms with Crippen molar-refractivity contribution in [2.45, 2.75) is 85.0 Å². The Labute approximate surface area is 428 Å². The smallest absolute Gasteiger partial charge is 0.138 e. The second kappa shape index (κ2) is 16.3. The third-order valence-electron chi connectivity index (χ3n) is 14.1. The fraction of sp³-hybridized carbons (Fsp3) is 0.200. The summed E-state index contributed by atoms with van der Waals surface area (Å²) in [6, 6.07) is 56.2. The summed E-state index contributed by atoms with van der Waals surface area (Å²) in [4.78, 5) is 12.0. The average Bonchev–Trinajstić information content (AvgIpc) is 4.03. The Morgan fingerprint density at radius 3 is 1.70 bits per heavy atom. The number of ether oxygens (including phenoxy) is 1. The van der Waals surface area contributed by atoms with Gasteiger partial charge in [-0.05, 0) is 103 Å². The van der Waals surface area contributed by atoms with Gasteiger partial charge in [-0.3, -0.25) is 4.57 Å². The highest BCUT2D eigenvalue weighted by Crippen LogP contribution is 2.46. The van der Waals surface area contributed by atoms with Crippen LogP contribution in [0.1, 0.15) is 91.1 Å². The summed E-state index contributed by atoms with van der Waals surface area (Å²) in [6.07, 6.45) is 3.62. The Kier molecular flexibility index (Phi) is 8.08. The number of para-hydroxylation sites is 3. The largest absolute Gasteiger partial charge is 0.457 e. The van der Waals surface area contributed by atoms with Crippen molar-refractivity contribution in [3.05, 3.63) is 199 Å². The molecule has 0 atom stereocenters. The van der Waals surface area contributed by atoms with Gasteiger partial charge < -0.3 is 14.2 Å². The maximum Gasteiger partial charge on any atom is 0.138 e. The van der Waals surface area contributed by atoms with Crippen LogP contribution in [-0.4, -0.2) is 19.1 Å². The van der Waals surface area contributed by atoms with E-state index in [1.165, 1.54) is 17.7 Å². The average molecular weight is 935 g/mol. The van der Waals surface area contributed by atoms with E-state index >= 15 is 0 Å². The topological polar surface area (TPSA) is 48.1 Å². The molecule has 0 aliphatic carbocycles. The van der Waals surface area contributed by atoms with E-state index in [2.05, 4.69) is 126 Å². The summed E-state index contributed by atoms with van der Waals surface area (Å²) in [5.41, 5.74) is 3.06. The Bertz CT molecular complexity index is 4350. The SMILES string of the molecule is [2H]C([2H])([2H])C(c1cc(-c2cccc3c4ccccc4c4ccccc4c4cccc5c4n(c23)CN5c2cc(Oc3ccc4c5ccccc5n(-c5cc(C(C)(C)C)ccn5)c4c3)ccn2)cc(C(C)(C)C)c1)(C([2H])([2H])[2H])C([2H])([2H])[2H]. The third kappa shape index (κ3) is 7.56. The molecule has 350 valence electrons. The molecule has 0 saturated heterocycles. The van der Waals surface area contributed by atoms with Gasteiger partial charge in [0, 0.05) is 64.0 Å². The van der Waals surface area contributed by atoms with E-state index in [1.54, 1.807) is 6.20 Å². The predicted molar refractivity (Wildman–Crippen MR) is 299 cm³/mol. The second-order valence-corrected chi connectivity index (χ2v) is 20.9. The van der Waals surface area contributed by atoms with Crippen molar-refractivity contribution in [2.75, 3.05) is 4.90 Å². The first kappa shape index (κ1) is 35.2. The van der Waals surface area contributed by atoms with Crippen LogP contribution in [0.15, 0.2) is 182 Å². The van der Waals surface area contributed by atoms with Gasteiger partial charge in [0.1, 0.15) is 29.8 Å². The molecule has 1 aliphatic rings. The lowest BCUT2D eigenvalue weighted by Crippen LogP contribution is -2.17. The zero-order chi connectivity index (χ0) is 56.5. The fourth-order valence-electron chi connectivity index (χ4n) is 10.6. The normalized spacial score (nSPS) is 15.5. The van der Waals surface area contributed by atoms with E-state index in [0.29, 0.717) is 34.0 Å². The van der Waals surface area contributed by atoms with Crippen LogP contribution in [0.4, 0.5) is 11.5 Å². The van der Waals surface area contributed by atoms with Crippen LogP contribution in [-0.2, 0) is 22.9 Å². The molecule has 71 heavy (non-hydrogen) atoms. The Balaban J connectivity index is 1.08. The highest BCUT2D eigenvalue weighted by Gasteiger charge is 2.28. The van der Waals surface area contributed by atoms with Gasteiger partial charge in [0.15, 0.2) is 0 Å². The molecule has 4 aromatic heterocycles. The molecule has 11 aromatic rings. The Morgan fingerprint density at radius 1 is 0.451 bits per heavy atom. The van der Waals surface area contributed by atoms with Crippen molar-refractivity contribution in [1.29, 1.82) is 0 Å². The van der Waals surface area contributed by atoms with Crippen molar-refractivity contribution >= 4 is 76.7 Å². The zero-order valence-electron chi connectivity index (χ0n) is 49.7. The number of rotatable bonds is 5. The number of anilines is 2. The van der Waals surface area contributed by atoms with Crippen molar-refractivity contribution in [1.82, 2.24) is 19.1 Å². The van der Waals surface area contributed by atoms with Gasteiger partial charge in [0.05, 0.1) is 27.8 Å². The summed E-state index contributed by atoms with van der Waals surface area (Å²) < 4.78 is 90.4. The van der Waals surface area contributed by atoms with Crippen LogP contribution in [0.3, 0.4) is 0 Å². The first-order valence-corrected chi connectivity index (χ1v) is 24.2. The van der Waals surface area contributed by atoms with Crippen LogP contribution in [0.25, 0.3) is 82.1 Å². The third-order valence-corrected chi connectivity index (χ3v) is 14.1. The number of hydrogen-bond donors (Lipinski definition) is 0. The molecule has 6 nitrogen and oxygen atoms in total. The van der Waals surface area contributed by atoms with E-state index in [-0.39, 0.29) is 17.6 Å². The zero-order valence-corrected chi connectivity index (χ0v) is 40.7.